The molecule has 0 radical (unpaired) electrons. The van der Waals surface area contributed by atoms with Crippen molar-refractivity contribution in [1.29, 1.82) is 0 Å². The van der Waals surface area contributed by atoms with Crippen LogP contribution in [0.25, 0.3) is 10.1 Å². The molecule has 0 amide bonds. The zero-order valence-electron chi connectivity index (χ0n) is 10.4. The number of rotatable bonds is 1. The summed E-state index contributed by atoms with van der Waals surface area (Å²) in [5.74, 6) is 1.19. The zero-order valence-corrected chi connectivity index (χ0v) is 11.2. The smallest absolute Gasteiger partial charge is 0.137 e. The van der Waals surface area contributed by atoms with E-state index >= 15 is 0 Å². The number of hydrogen-bond donors (Lipinski definition) is 0. The Bertz CT molecular complexity index is 565. The molecule has 18 heavy (non-hydrogen) atoms. The van der Waals surface area contributed by atoms with E-state index in [1.165, 1.54) is 41.8 Å². The molecule has 4 rings (SSSR count). The monoisotopic (exact) mass is 259 g/mol. The van der Waals surface area contributed by atoms with Gasteiger partial charge in [0.1, 0.15) is 5.82 Å². The molecule has 0 unspecified atom stereocenters. The molecule has 1 atom stereocenters. The highest BCUT2D eigenvalue weighted by molar-refractivity contribution is 7.17. The van der Waals surface area contributed by atoms with Crippen LogP contribution in [-0.4, -0.2) is 42.1 Å². The Hall–Kier alpha value is -1.13. The van der Waals surface area contributed by atoms with Crippen molar-refractivity contribution in [2.24, 2.45) is 0 Å². The van der Waals surface area contributed by atoms with E-state index in [1.807, 2.05) is 17.5 Å². The number of hydrogen-bond acceptors (Lipinski definition) is 4. The van der Waals surface area contributed by atoms with Crippen LogP contribution in [0.3, 0.4) is 0 Å². The minimum absolute atomic E-state index is 0.759. The molecule has 2 saturated heterocycles. The van der Waals surface area contributed by atoms with Crippen LogP contribution in [-0.2, 0) is 0 Å². The zero-order chi connectivity index (χ0) is 11.9. The first-order valence-corrected chi connectivity index (χ1v) is 7.61. The van der Waals surface area contributed by atoms with E-state index in [1.54, 1.807) is 0 Å². The molecule has 4 heterocycles. The van der Waals surface area contributed by atoms with Crippen molar-refractivity contribution in [2.45, 2.75) is 18.9 Å². The van der Waals surface area contributed by atoms with E-state index in [-0.39, 0.29) is 0 Å². The molecule has 2 aliphatic rings. The summed E-state index contributed by atoms with van der Waals surface area (Å²) in [5, 5.41) is 3.50. The first kappa shape index (κ1) is 10.8. The number of thiophene rings is 1. The molecule has 4 heteroatoms. The molecule has 0 saturated carbocycles. The molecule has 0 aromatic carbocycles. The van der Waals surface area contributed by atoms with Crippen LogP contribution in [0.4, 0.5) is 5.82 Å². The van der Waals surface area contributed by atoms with Gasteiger partial charge in [-0.25, -0.2) is 4.98 Å². The SMILES string of the molecule is c1cc2sccc2c(N2CCN3CCC[C@H]3C2)n1. The van der Waals surface area contributed by atoms with Crippen LogP contribution in [0.1, 0.15) is 12.8 Å². The van der Waals surface area contributed by atoms with Gasteiger partial charge in [-0.3, -0.25) is 4.90 Å². The minimum Gasteiger partial charge on any atom is -0.353 e. The Kier molecular flexibility index (Phi) is 2.52. The van der Waals surface area contributed by atoms with Crippen molar-refractivity contribution in [3.8, 4) is 0 Å². The maximum Gasteiger partial charge on any atom is 0.137 e. The summed E-state index contributed by atoms with van der Waals surface area (Å²) in [6.07, 6.45) is 4.68. The van der Waals surface area contributed by atoms with Gasteiger partial charge in [-0.05, 0) is 36.9 Å². The molecule has 2 aromatic heterocycles. The van der Waals surface area contributed by atoms with Gasteiger partial charge in [-0.1, -0.05) is 0 Å². The van der Waals surface area contributed by atoms with Crippen LogP contribution in [0, 0.1) is 0 Å². The quantitative estimate of drug-likeness (QED) is 0.784. The van der Waals surface area contributed by atoms with Gasteiger partial charge in [-0.15, -0.1) is 11.3 Å². The van der Waals surface area contributed by atoms with E-state index in [9.17, 15) is 0 Å². The third kappa shape index (κ3) is 1.63. The number of piperazine rings is 1. The third-order valence-electron chi connectivity index (χ3n) is 4.25. The molecule has 0 bridgehead atoms. The van der Waals surface area contributed by atoms with Gasteiger partial charge in [0, 0.05) is 42.0 Å². The summed E-state index contributed by atoms with van der Waals surface area (Å²) in [6.45, 7) is 4.78. The predicted molar refractivity (Wildman–Crippen MR) is 76.4 cm³/mol. The van der Waals surface area contributed by atoms with Gasteiger partial charge in [0.2, 0.25) is 0 Å². The van der Waals surface area contributed by atoms with E-state index in [0.717, 1.165) is 19.1 Å². The molecule has 2 fully saturated rings. The average molecular weight is 259 g/mol. The van der Waals surface area contributed by atoms with Gasteiger partial charge in [-0.2, -0.15) is 0 Å². The van der Waals surface area contributed by atoms with Crippen LogP contribution in [0.15, 0.2) is 23.7 Å². The largest absolute Gasteiger partial charge is 0.353 e. The molecule has 0 spiro atoms. The van der Waals surface area contributed by atoms with Gasteiger partial charge in [0.25, 0.3) is 0 Å². The van der Waals surface area contributed by atoms with E-state index < -0.39 is 0 Å². The molecule has 0 aliphatic carbocycles. The Morgan fingerprint density at radius 1 is 1.22 bits per heavy atom. The molecule has 94 valence electrons. The van der Waals surface area contributed by atoms with Gasteiger partial charge in [0.05, 0.1) is 0 Å². The highest BCUT2D eigenvalue weighted by atomic mass is 32.1. The Morgan fingerprint density at radius 2 is 2.22 bits per heavy atom. The summed E-state index contributed by atoms with van der Waals surface area (Å²) >= 11 is 1.81. The first-order valence-electron chi connectivity index (χ1n) is 6.73. The summed E-state index contributed by atoms with van der Waals surface area (Å²) in [5.41, 5.74) is 0. The topological polar surface area (TPSA) is 19.4 Å². The molecule has 0 N–H and O–H groups in total. The molecule has 3 nitrogen and oxygen atoms in total. The number of nitrogens with zero attached hydrogens (tertiary/aromatic N) is 3. The van der Waals surface area contributed by atoms with Crippen molar-refractivity contribution < 1.29 is 0 Å². The second-order valence-electron chi connectivity index (χ2n) is 5.25. The van der Waals surface area contributed by atoms with E-state index in [0.29, 0.717) is 0 Å². The predicted octanol–water partition coefficient (Wildman–Crippen LogP) is 2.58. The molecular weight excluding hydrogens is 242 g/mol. The van der Waals surface area contributed by atoms with Gasteiger partial charge >= 0.3 is 0 Å². The lowest BCUT2D eigenvalue weighted by Crippen LogP contribution is -2.50. The Balaban J connectivity index is 1.68. The second kappa shape index (κ2) is 4.21. The summed E-state index contributed by atoms with van der Waals surface area (Å²) in [7, 11) is 0. The summed E-state index contributed by atoms with van der Waals surface area (Å²) in [4.78, 5) is 9.76. The van der Waals surface area contributed by atoms with E-state index in [4.69, 9.17) is 0 Å². The lowest BCUT2D eigenvalue weighted by atomic mass is 10.1. The van der Waals surface area contributed by atoms with Crippen molar-refractivity contribution >= 4 is 27.2 Å². The summed E-state index contributed by atoms with van der Waals surface area (Å²) in [6, 6.07) is 5.09. The number of aromatic nitrogens is 1. The third-order valence-corrected chi connectivity index (χ3v) is 5.13. The van der Waals surface area contributed by atoms with Crippen molar-refractivity contribution in [3.63, 3.8) is 0 Å². The molecular formula is C14H17N3S. The van der Waals surface area contributed by atoms with Crippen molar-refractivity contribution in [2.75, 3.05) is 31.1 Å². The highest BCUT2D eigenvalue weighted by Crippen LogP contribution is 2.31. The number of pyridine rings is 1. The average Bonchev–Trinajstić information content (AvgIpc) is 3.05. The van der Waals surface area contributed by atoms with Crippen LogP contribution in [0.2, 0.25) is 0 Å². The maximum absolute atomic E-state index is 4.63. The fourth-order valence-electron chi connectivity index (χ4n) is 3.32. The second-order valence-corrected chi connectivity index (χ2v) is 6.19. The summed E-state index contributed by atoms with van der Waals surface area (Å²) < 4.78 is 1.36. The van der Waals surface area contributed by atoms with Crippen molar-refractivity contribution in [3.05, 3.63) is 23.7 Å². The lowest BCUT2D eigenvalue weighted by Gasteiger charge is -2.38. The maximum atomic E-state index is 4.63. The van der Waals surface area contributed by atoms with Crippen LogP contribution >= 0.6 is 11.3 Å². The Labute approximate surface area is 111 Å². The normalized spacial score (nSPS) is 24.7. The van der Waals surface area contributed by atoms with Crippen molar-refractivity contribution in [1.82, 2.24) is 9.88 Å². The van der Waals surface area contributed by atoms with Crippen LogP contribution in [0.5, 0.6) is 0 Å². The Morgan fingerprint density at radius 3 is 3.22 bits per heavy atom. The number of fused-ring (bicyclic) bond motifs is 2. The number of anilines is 1. The molecule has 2 aromatic rings. The fraction of sp³-hybridized carbons (Fsp3) is 0.500. The first-order chi connectivity index (χ1) is 8.92. The van der Waals surface area contributed by atoms with E-state index in [2.05, 4.69) is 32.3 Å². The van der Waals surface area contributed by atoms with Gasteiger partial charge in [0.15, 0.2) is 0 Å². The van der Waals surface area contributed by atoms with Gasteiger partial charge < -0.3 is 4.90 Å². The highest BCUT2D eigenvalue weighted by Gasteiger charge is 2.31. The van der Waals surface area contributed by atoms with Crippen LogP contribution < -0.4 is 4.90 Å². The fourth-order valence-corrected chi connectivity index (χ4v) is 4.09. The standard InChI is InChI=1S/C14H17N3S/c1-2-11-10-17(8-7-16(11)6-1)14-12-4-9-18-13(12)3-5-15-14/h3-5,9,11H,1-2,6-8,10H2/t11-/m0/s1. The lowest BCUT2D eigenvalue weighted by molar-refractivity contribution is 0.230. The minimum atomic E-state index is 0.759. The molecule has 2 aliphatic heterocycles.